The molecule has 1 aliphatic rings. The molecule has 1 heterocycles. The Bertz CT molecular complexity index is 1620. The number of amides is 2. The van der Waals surface area contributed by atoms with Crippen LogP contribution in [0.3, 0.4) is 0 Å². The minimum Gasteiger partial charge on any atom is -0.394 e. The Labute approximate surface area is 327 Å². The third-order valence-corrected chi connectivity index (χ3v) is 13.0. The molecule has 0 fully saturated rings. The summed E-state index contributed by atoms with van der Waals surface area (Å²) in [5.74, 6) is -1.71. The maximum atomic E-state index is 14.0. The van der Waals surface area contributed by atoms with Crippen molar-refractivity contribution in [2.45, 2.75) is 139 Å². The number of nitrogens with one attached hydrogen (secondary N) is 2. The quantitative estimate of drug-likeness (QED) is 0.0761. The second-order valence-electron chi connectivity index (χ2n) is 15.3. The number of aliphatic hydroxyl groups excluding tert-OH is 6. The van der Waals surface area contributed by atoms with Gasteiger partial charge in [-0.05, 0) is 67.1 Å². The Kier molecular flexibility index (Phi) is 18.5. The number of carbonyl (C=O) groups excluding carboxylic acids is 2. The van der Waals surface area contributed by atoms with Crippen molar-refractivity contribution < 1.29 is 48.6 Å². The molecule has 13 nitrogen and oxygen atoms in total. The molecule has 7 atom stereocenters. The fourth-order valence-corrected chi connectivity index (χ4v) is 9.75. The molecule has 0 aliphatic carbocycles. The Hall–Kier alpha value is -3.11. The molecule has 1 unspecified atom stereocenters. The molecule has 14 heteroatoms. The third-order valence-electron chi connectivity index (χ3n) is 11.0. The highest BCUT2D eigenvalue weighted by Crippen LogP contribution is 2.49. The summed E-state index contributed by atoms with van der Waals surface area (Å²) in [6, 6.07) is 12.8. The second kappa shape index (κ2) is 22.0. The number of carbonyl (C=O) groups is 2. The maximum absolute atomic E-state index is 14.0. The van der Waals surface area contributed by atoms with Crippen LogP contribution in [0.2, 0.25) is 0 Å². The minimum atomic E-state index is -3.71. The first-order valence-corrected chi connectivity index (χ1v) is 21.5. The van der Waals surface area contributed by atoms with Crippen molar-refractivity contribution in [1.82, 2.24) is 5.32 Å². The standard InChI is InChI=1S/C41H65N3O10S/c1-5-7-22-41(6-2)27-55(53,54)33-21-20-30(44(3)4)25-31(33)35(39(41)51)28-17-16-18-29(24-28)43-34(47)19-14-12-10-8-9-11-13-15-23-42-40(52)38(50)37(49)36(48)32(46)26-45/h16-18,20-21,24-25,32,35-39,45-46,48-51H,5-15,19,22-23,26-27H2,1-4H3,(H,42,52)(H,43,47)/t32-,35+,36-,37-,38-,39+,41?/m1/s1. The summed E-state index contributed by atoms with van der Waals surface area (Å²) in [5, 5.41) is 65.3. The lowest BCUT2D eigenvalue weighted by Gasteiger charge is -2.39. The van der Waals surface area contributed by atoms with Crippen molar-refractivity contribution in [3.63, 3.8) is 0 Å². The van der Waals surface area contributed by atoms with Gasteiger partial charge >= 0.3 is 0 Å². The molecule has 0 saturated carbocycles. The average Bonchev–Trinajstić information content (AvgIpc) is 3.24. The van der Waals surface area contributed by atoms with Crippen molar-refractivity contribution in [3.8, 4) is 0 Å². The number of hydrogen-bond donors (Lipinski definition) is 8. The molecule has 55 heavy (non-hydrogen) atoms. The molecule has 0 radical (unpaired) electrons. The number of unbranched alkanes of at least 4 members (excludes halogenated alkanes) is 8. The smallest absolute Gasteiger partial charge is 0.251 e. The molecular formula is C41H65N3O10S. The number of benzene rings is 2. The summed E-state index contributed by atoms with van der Waals surface area (Å²) in [4.78, 5) is 27.2. The molecule has 0 bridgehead atoms. The summed E-state index contributed by atoms with van der Waals surface area (Å²) < 4.78 is 27.9. The molecule has 1 aliphatic heterocycles. The van der Waals surface area contributed by atoms with Crippen molar-refractivity contribution in [1.29, 1.82) is 0 Å². The number of aliphatic hydroxyl groups is 6. The van der Waals surface area contributed by atoms with Gasteiger partial charge in [-0.25, -0.2) is 8.42 Å². The Morgan fingerprint density at radius 2 is 1.55 bits per heavy atom. The van der Waals surface area contributed by atoms with E-state index >= 15 is 0 Å². The first kappa shape index (κ1) is 46.3. The Balaban J connectivity index is 1.51. The average molecular weight is 792 g/mol. The van der Waals surface area contributed by atoms with E-state index in [1.807, 2.05) is 56.3 Å². The summed E-state index contributed by atoms with van der Waals surface area (Å²) in [5.41, 5.74) is 1.94. The molecule has 2 aromatic carbocycles. The summed E-state index contributed by atoms with van der Waals surface area (Å²) in [6.45, 7) is 3.49. The van der Waals surface area contributed by atoms with E-state index in [1.54, 1.807) is 12.1 Å². The molecule has 310 valence electrons. The van der Waals surface area contributed by atoms with Crippen molar-refractivity contribution >= 4 is 33.0 Å². The van der Waals surface area contributed by atoms with E-state index in [4.69, 9.17) is 5.11 Å². The van der Waals surface area contributed by atoms with Crippen LogP contribution in [0, 0.1) is 5.41 Å². The van der Waals surface area contributed by atoms with Crippen LogP contribution in [0.4, 0.5) is 11.4 Å². The van der Waals surface area contributed by atoms with Gasteiger partial charge in [-0.15, -0.1) is 0 Å². The largest absolute Gasteiger partial charge is 0.394 e. The van der Waals surface area contributed by atoms with E-state index < -0.39 is 64.2 Å². The van der Waals surface area contributed by atoms with E-state index in [2.05, 4.69) is 17.6 Å². The zero-order valence-corrected chi connectivity index (χ0v) is 33.8. The number of fused-ring (bicyclic) bond motifs is 1. The van der Waals surface area contributed by atoms with E-state index in [0.29, 0.717) is 36.9 Å². The minimum absolute atomic E-state index is 0.110. The SMILES string of the molecule is CCCCC1(CC)CS(=O)(=O)c2ccc(N(C)C)cc2[C@H](c2cccc(NC(=O)CCCCCCCCCCNC(=O)[C@H](O)[C@H](O)[C@H](O)[C@H](O)CO)c2)[C@@H]1O. The molecule has 8 N–H and O–H groups in total. The van der Waals surface area contributed by atoms with Crippen molar-refractivity contribution in [3.05, 3.63) is 53.6 Å². The van der Waals surface area contributed by atoms with Crippen LogP contribution in [0.15, 0.2) is 47.4 Å². The Morgan fingerprint density at radius 3 is 2.16 bits per heavy atom. The molecule has 0 saturated heterocycles. The lowest BCUT2D eigenvalue weighted by Crippen LogP contribution is -2.51. The first-order chi connectivity index (χ1) is 26.1. The molecule has 0 aromatic heterocycles. The van der Waals surface area contributed by atoms with Crippen LogP contribution < -0.4 is 15.5 Å². The van der Waals surface area contributed by atoms with Gasteiger partial charge in [0, 0.05) is 49.8 Å². The molecule has 0 spiro atoms. The predicted molar refractivity (Wildman–Crippen MR) is 214 cm³/mol. The van der Waals surface area contributed by atoms with Gasteiger partial charge in [0.05, 0.1) is 23.4 Å². The van der Waals surface area contributed by atoms with Gasteiger partial charge < -0.3 is 46.2 Å². The lowest BCUT2D eigenvalue weighted by molar-refractivity contribution is -0.148. The number of anilines is 2. The van der Waals surface area contributed by atoms with Crippen LogP contribution in [-0.4, -0.2) is 114 Å². The number of rotatable bonds is 23. The van der Waals surface area contributed by atoms with Crippen molar-refractivity contribution in [2.24, 2.45) is 5.41 Å². The van der Waals surface area contributed by atoms with Crippen LogP contribution in [-0.2, 0) is 19.4 Å². The topological polar surface area (TPSA) is 217 Å². The van der Waals surface area contributed by atoms with Crippen LogP contribution >= 0.6 is 0 Å². The van der Waals surface area contributed by atoms with Crippen LogP contribution in [0.1, 0.15) is 114 Å². The number of sulfone groups is 1. The fraction of sp³-hybridized carbons (Fsp3) is 0.659. The monoisotopic (exact) mass is 791 g/mol. The molecule has 3 rings (SSSR count). The number of nitrogens with zero attached hydrogens (tertiary/aromatic N) is 1. The van der Waals surface area contributed by atoms with Crippen LogP contribution in [0.25, 0.3) is 0 Å². The second-order valence-corrected chi connectivity index (χ2v) is 17.3. The van der Waals surface area contributed by atoms with Crippen LogP contribution in [0.5, 0.6) is 0 Å². The van der Waals surface area contributed by atoms with E-state index in [9.17, 15) is 43.5 Å². The zero-order chi connectivity index (χ0) is 40.8. The highest BCUT2D eigenvalue weighted by atomic mass is 32.2. The molecule has 2 amide bonds. The van der Waals surface area contributed by atoms with Gasteiger partial charge in [0.15, 0.2) is 15.9 Å². The fourth-order valence-electron chi connectivity index (χ4n) is 7.50. The highest BCUT2D eigenvalue weighted by Gasteiger charge is 2.49. The summed E-state index contributed by atoms with van der Waals surface area (Å²) in [6.07, 6.45) is 1.85. The molecule has 2 aromatic rings. The maximum Gasteiger partial charge on any atom is 0.251 e. The number of hydrogen-bond acceptors (Lipinski definition) is 11. The van der Waals surface area contributed by atoms with E-state index in [0.717, 1.165) is 69.0 Å². The van der Waals surface area contributed by atoms with Gasteiger partial charge in [-0.1, -0.05) is 77.3 Å². The highest BCUT2D eigenvalue weighted by molar-refractivity contribution is 7.91. The van der Waals surface area contributed by atoms with Gasteiger partial charge in [0.1, 0.15) is 18.3 Å². The van der Waals surface area contributed by atoms with Gasteiger partial charge in [-0.2, -0.15) is 0 Å². The van der Waals surface area contributed by atoms with Gasteiger partial charge in [0.2, 0.25) is 5.91 Å². The Morgan fingerprint density at radius 1 is 0.891 bits per heavy atom. The normalized spacial score (nSPS) is 21.4. The molecular weight excluding hydrogens is 727 g/mol. The van der Waals surface area contributed by atoms with E-state index in [-0.39, 0.29) is 23.1 Å². The van der Waals surface area contributed by atoms with Gasteiger partial charge in [-0.3, -0.25) is 9.59 Å². The van der Waals surface area contributed by atoms with Crippen molar-refractivity contribution in [2.75, 3.05) is 43.2 Å². The third kappa shape index (κ3) is 12.7. The zero-order valence-electron chi connectivity index (χ0n) is 33.0. The summed E-state index contributed by atoms with van der Waals surface area (Å²) in [7, 11) is 0.0905. The van der Waals surface area contributed by atoms with E-state index in [1.165, 1.54) is 0 Å². The van der Waals surface area contributed by atoms with Gasteiger partial charge in [0.25, 0.3) is 5.91 Å². The predicted octanol–water partition coefficient (Wildman–Crippen LogP) is 3.62. The first-order valence-electron chi connectivity index (χ1n) is 19.8. The lowest BCUT2D eigenvalue weighted by atomic mass is 9.69. The summed E-state index contributed by atoms with van der Waals surface area (Å²) >= 11 is 0.